The molecule has 1 atom stereocenters. The Hall–Kier alpha value is -1.60. The van der Waals surface area contributed by atoms with E-state index in [1.54, 1.807) is 0 Å². The smallest absolute Gasteiger partial charge is 0.328 e. The molecule has 0 saturated heterocycles. The maximum atomic E-state index is 13.7. The second-order valence-electron chi connectivity index (χ2n) is 6.07. The minimum atomic E-state index is -4.68. The number of rotatable bonds is 4. The Bertz CT molecular complexity index is 770. The first-order valence-corrected chi connectivity index (χ1v) is 8.52. The van der Waals surface area contributed by atoms with Gasteiger partial charge in [0, 0.05) is 19.5 Å². The third-order valence-corrected chi connectivity index (χ3v) is 4.75. The summed E-state index contributed by atoms with van der Waals surface area (Å²) >= 11 is 6.26. The molecule has 8 heteroatoms. The highest BCUT2D eigenvalue weighted by atomic mass is 35.5. The molecular weight excluding hydrogens is 358 g/mol. The van der Waals surface area contributed by atoms with Crippen LogP contribution in [0.25, 0.3) is 0 Å². The van der Waals surface area contributed by atoms with Gasteiger partial charge in [-0.15, -0.1) is 0 Å². The number of nitrogens with one attached hydrogen (secondary N) is 1. The van der Waals surface area contributed by atoms with Crippen LogP contribution >= 0.6 is 11.6 Å². The summed E-state index contributed by atoms with van der Waals surface area (Å²) in [4.78, 5) is 4.37. The lowest BCUT2D eigenvalue weighted by Gasteiger charge is -2.27. The largest absolute Gasteiger partial charge is 0.419 e. The van der Waals surface area contributed by atoms with Gasteiger partial charge in [0.05, 0.1) is 17.3 Å². The number of fused-ring (bicyclic) bond motifs is 1. The Labute approximate surface area is 148 Å². The third-order valence-electron chi connectivity index (χ3n) is 4.47. The standard InChI is InChI=1S/C17H18ClF4N3/c1-2-14-24-16(18)15-13(23-7-8-25(14)15)6-4-10-3-5-11(12(19)9-10)17(20,21)22/h3,5,9,13,23H,2,4,6-8H2,1H3. The Kier molecular flexibility index (Phi) is 5.06. The van der Waals surface area contributed by atoms with Crippen molar-refractivity contribution >= 4 is 11.6 Å². The number of alkyl halides is 3. The SMILES string of the molecule is CCc1nc(Cl)c2n1CCNC2CCc1ccc(C(F)(F)F)c(F)c1. The van der Waals surface area contributed by atoms with E-state index in [2.05, 4.69) is 14.9 Å². The van der Waals surface area contributed by atoms with Crippen LogP contribution in [-0.4, -0.2) is 16.1 Å². The fourth-order valence-corrected chi connectivity index (χ4v) is 3.60. The molecule has 1 aromatic carbocycles. The Morgan fingerprint density at radius 3 is 2.76 bits per heavy atom. The summed E-state index contributed by atoms with van der Waals surface area (Å²) in [6.45, 7) is 3.55. The van der Waals surface area contributed by atoms with E-state index in [-0.39, 0.29) is 6.04 Å². The highest BCUT2D eigenvalue weighted by Gasteiger charge is 2.34. The number of imidazole rings is 1. The van der Waals surface area contributed by atoms with Gasteiger partial charge in [-0.25, -0.2) is 9.37 Å². The minimum Gasteiger partial charge on any atom is -0.328 e. The van der Waals surface area contributed by atoms with Gasteiger partial charge in [0.15, 0.2) is 5.15 Å². The van der Waals surface area contributed by atoms with Crippen molar-refractivity contribution in [3.63, 3.8) is 0 Å². The number of aromatic nitrogens is 2. The van der Waals surface area contributed by atoms with Crippen LogP contribution in [0.2, 0.25) is 5.15 Å². The van der Waals surface area contributed by atoms with Gasteiger partial charge in [0.1, 0.15) is 11.6 Å². The molecule has 25 heavy (non-hydrogen) atoms. The normalized spacial score (nSPS) is 17.6. The third kappa shape index (κ3) is 3.67. The zero-order valence-corrected chi connectivity index (χ0v) is 14.4. The molecule has 1 N–H and O–H groups in total. The number of nitrogens with zero attached hydrogens (tertiary/aromatic N) is 2. The Morgan fingerprint density at radius 2 is 2.12 bits per heavy atom. The molecule has 1 aliphatic rings. The average molecular weight is 376 g/mol. The molecule has 0 fully saturated rings. The van der Waals surface area contributed by atoms with Crippen molar-refractivity contribution in [3.8, 4) is 0 Å². The molecule has 136 valence electrons. The molecule has 2 heterocycles. The zero-order chi connectivity index (χ0) is 18.2. The molecule has 0 spiro atoms. The van der Waals surface area contributed by atoms with Gasteiger partial charge in [-0.2, -0.15) is 13.2 Å². The number of halogens is 5. The van der Waals surface area contributed by atoms with Crippen LogP contribution in [0.4, 0.5) is 17.6 Å². The van der Waals surface area contributed by atoms with Crippen molar-refractivity contribution in [2.75, 3.05) is 6.54 Å². The summed E-state index contributed by atoms with van der Waals surface area (Å²) in [5, 5.41) is 3.81. The van der Waals surface area contributed by atoms with Crippen molar-refractivity contribution in [3.05, 3.63) is 51.8 Å². The van der Waals surface area contributed by atoms with E-state index in [1.807, 2.05) is 6.92 Å². The van der Waals surface area contributed by atoms with E-state index >= 15 is 0 Å². The number of aryl methyl sites for hydroxylation is 2. The van der Waals surface area contributed by atoms with Gasteiger partial charge in [-0.1, -0.05) is 24.6 Å². The van der Waals surface area contributed by atoms with Crippen molar-refractivity contribution < 1.29 is 17.6 Å². The molecule has 1 aliphatic heterocycles. The second kappa shape index (κ2) is 6.96. The monoisotopic (exact) mass is 375 g/mol. The van der Waals surface area contributed by atoms with Crippen molar-refractivity contribution in [1.82, 2.24) is 14.9 Å². The Balaban J connectivity index is 1.76. The molecule has 0 amide bonds. The number of hydrogen-bond acceptors (Lipinski definition) is 2. The van der Waals surface area contributed by atoms with Crippen LogP contribution < -0.4 is 5.32 Å². The first kappa shape index (κ1) is 18.2. The Morgan fingerprint density at radius 1 is 1.36 bits per heavy atom. The molecule has 0 aliphatic carbocycles. The maximum Gasteiger partial charge on any atom is 0.419 e. The van der Waals surface area contributed by atoms with Gasteiger partial charge in [0.25, 0.3) is 0 Å². The van der Waals surface area contributed by atoms with Crippen LogP contribution in [0.3, 0.4) is 0 Å². The van der Waals surface area contributed by atoms with Crippen molar-refractivity contribution in [2.24, 2.45) is 0 Å². The lowest BCUT2D eigenvalue weighted by atomic mass is 10.0. The molecule has 2 aromatic rings. The molecule has 0 radical (unpaired) electrons. The van der Waals surface area contributed by atoms with Gasteiger partial charge >= 0.3 is 6.18 Å². The zero-order valence-electron chi connectivity index (χ0n) is 13.6. The first-order chi connectivity index (χ1) is 11.8. The quantitative estimate of drug-likeness (QED) is 0.795. The van der Waals surface area contributed by atoms with E-state index in [1.165, 1.54) is 6.07 Å². The number of hydrogen-bond donors (Lipinski definition) is 1. The average Bonchev–Trinajstić information content (AvgIpc) is 2.89. The van der Waals surface area contributed by atoms with Crippen LogP contribution in [-0.2, 0) is 25.6 Å². The fourth-order valence-electron chi connectivity index (χ4n) is 3.27. The molecule has 1 unspecified atom stereocenters. The van der Waals surface area contributed by atoms with E-state index < -0.39 is 17.6 Å². The molecule has 0 saturated carbocycles. The van der Waals surface area contributed by atoms with Crippen LogP contribution in [0.1, 0.15) is 42.0 Å². The summed E-state index contributed by atoms with van der Waals surface area (Å²) in [5.41, 5.74) is 0.189. The van der Waals surface area contributed by atoms with Gasteiger partial charge < -0.3 is 9.88 Å². The molecule has 1 aromatic heterocycles. The molecule has 0 bridgehead atoms. The number of benzene rings is 1. The summed E-state index contributed by atoms with van der Waals surface area (Å²) < 4.78 is 53.7. The van der Waals surface area contributed by atoms with E-state index in [9.17, 15) is 17.6 Å². The van der Waals surface area contributed by atoms with Gasteiger partial charge in [0.2, 0.25) is 0 Å². The highest BCUT2D eigenvalue weighted by molar-refractivity contribution is 6.30. The lowest BCUT2D eigenvalue weighted by molar-refractivity contribution is -0.140. The van der Waals surface area contributed by atoms with E-state index in [4.69, 9.17) is 11.6 Å². The van der Waals surface area contributed by atoms with Crippen molar-refractivity contribution in [1.29, 1.82) is 0 Å². The predicted molar refractivity (Wildman–Crippen MR) is 87.1 cm³/mol. The van der Waals surface area contributed by atoms with Gasteiger partial charge in [-0.05, 0) is 30.5 Å². The molecule has 3 nitrogen and oxygen atoms in total. The van der Waals surface area contributed by atoms with Crippen molar-refractivity contribution in [2.45, 2.75) is 44.9 Å². The predicted octanol–water partition coefficient (Wildman–Crippen LogP) is 4.53. The molecular formula is C17H18ClF4N3. The van der Waals surface area contributed by atoms with Gasteiger partial charge in [-0.3, -0.25) is 0 Å². The highest BCUT2D eigenvalue weighted by Crippen LogP contribution is 2.33. The minimum absolute atomic E-state index is 0.0561. The van der Waals surface area contributed by atoms with E-state index in [0.717, 1.165) is 43.2 Å². The van der Waals surface area contributed by atoms with Crippen LogP contribution in [0.5, 0.6) is 0 Å². The fraction of sp³-hybridized carbons (Fsp3) is 0.471. The molecule has 3 rings (SSSR count). The van der Waals surface area contributed by atoms with E-state index in [0.29, 0.717) is 23.6 Å². The summed E-state index contributed by atoms with van der Waals surface area (Å²) in [6, 6.07) is 3.03. The van der Waals surface area contributed by atoms with Crippen LogP contribution in [0, 0.1) is 5.82 Å². The lowest BCUT2D eigenvalue weighted by Crippen LogP contribution is -2.34. The summed E-state index contributed by atoms with van der Waals surface area (Å²) in [6.07, 6.45) is -2.87. The van der Waals surface area contributed by atoms with Crippen LogP contribution in [0.15, 0.2) is 18.2 Å². The maximum absolute atomic E-state index is 13.7. The second-order valence-corrected chi connectivity index (χ2v) is 6.42. The summed E-state index contributed by atoms with van der Waals surface area (Å²) in [5.74, 6) is -0.315. The first-order valence-electron chi connectivity index (χ1n) is 8.15. The summed E-state index contributed by atoms with van der Waals surface area (Å²) in [7, 11) is 0. The topological polar surface area (TPSA) is 29.9 Å².